The van der Waals surface area contributed by atoms with Gasteiger partial charge >= 0.3 is 0 Å². The summed E-state index contributed by atoms with van der Waals surface area (Å²) in [5.74, 6) is 0.0167. The number of rotatable bonds is 6. The predicted molar refractivity (Wildman–Crippen MR) is 101 cm³/mol. The number of para-hydroxylation sites is 1. The third-order valence-electron chi connectivity index (χ3n) is 4.82. The molecule has 0 saturated carbocycles. The number of carbonyl (C=O) groups is 2. The number of amides is 1. The van der Waals surface area contributed by atoms with E-state index in [4.69, 9.17) is 9.47 Å². The number of carbonyl (C=O) groups excluding carboxylic acids is 2. The van der Waals surface area contributed by atoms with E-state index in [1.807, 2.05) is 19.9 Å². The number of fused-ring (bicyclic) bond motifs is 1. The van der Waals surface area contributed by atoms with Crippen molar-refractivity contribution >= 4 is 17.4 Å². The van der Waals surface area contributed by atoms with Crippen molar-refractivity contribution in [2.75, 3.05) is 19.1 Å². The standard InChI is InChI=1S/C21H23NO5/c1-13(2)22-17-8-6-5-7-16(17)21(25,20(22)24)12-18(23)15-10-9-14(26-3)11-19(15)27-4/h5-11,13,25H,12H2,1-4H3/t21-/m1/s1. The van der Waals surface area contributed by atoms with Crippen LogP contribution in [0.25, 0.3) is 0 Å². The molecule has 0 aliphatic carbocycles. The van der Waals surface area contributed by atoms with Gasteiger partial charge in [0.05, 0.1) is 31.9 Å². The van der Waals surface area contributed by atoms with Gasteiger partial charge in [0.15, 0.2) is 11.4 Å². The fourth-order valence-electron chi connectivity index (χ4n) is 3.50. The molecule has 0 aromatic heterocycles. The molecule has 2 aromatic rings. The molecule has 6 nitrogen and oxygen atoms in total. The van der Waals surface area contributed by atoms with Crippen molar-refractivity contribution in [1.82, 2.24) is 0 Å². The van der Waals surface area contributed by atoms with Crippen LogP contribution in [-0.2, 0) is 10.4 Å². The molecular weight excluding hydrogens is 346 g/mol. The minimum atomic E-state index is -1.90. The summed E-state index contributed by atoms with van der Waals surface area (Å²) < 4.78 is 10.4. The summed E-state index contributed by atoms with van der Waals surface area (Å²) in [4.78, 5) is 27.5. The van der Waals surface area contributed by atoms with E-state index < -0.39 is 11.5 Å². The highest BCUT2D eigenvalue weighted by Gasteiger charge is 2.51. The number of Topliss-reactive ketones (excluding diaryl/α,β-unsaturated/α-hetero) is 1. The highest BCUT2D eigenvalue weighted by molar-refractivity contribution is 6.11. The second kappa shape index (κ2) is 7.04. The molecule has 0 spiro atoms. The lowest BCUT2D eigenvalue weighted by molar-refractivity contribution is -0.136. The highest BCUT2D eigenvalue weighted by Crippen LogP contribution is 2.44. The summed E-state index contributed by atoms with van der Waals surface area (Å²) in [5, 5.41) is 11.2. The van der Waals surface area contributed by atoms with Crippen LogP contribution in [0, 0.1) is 0 Å². The monoisotopic (exact) mass is 369 g/mol. The lowest BCUT2D eigenvalue weighted by Crippen LogP contribution is -2.44. The Morgan fingerprint density at radius 2 is 1.85 bits per heavy atom. The molecule has 1 N–H and O–H groups in total. The van der Waals surface area contributed by atoms with Gasteiger partial charge in [-0.15, -0.1) is 0 Å². The maximum atomic E-state index is 13.0. The molecule has 1 heterocycles. The van der Waals surface area contributed by atoms with E-state index in [-0.39, 0.29) is 18.2 Å². The van der Waals surface area contributed by atoms with E-state index >= 15 is 0 Å². The SMILES string of the molecule is COc1ccc(C(=O)C[C@]2(O)C(=O)N(C(C)C)c3ccccc32)c(OC)c1. The van der Waals surface area contributed by atoms with Crippen molar-refractivity contribution in [3.8, 4) is 11.5 Å². The number of hydrogen-bond donors (Lipinski definition) is 1. The predicted octanol–water partition coefficient (Wildman–Crippen LogP) is 2.92. The largest absolute Gasteiger partial charge is 0.497 e. The van der Waals surface area contributed by atoms with Crippen LogP contribution in [0.1, 0.15) is 36.2 Å². The van der Waals surface area contributed by atoms with Gasteiger partial charge < -0.3 is 19.5 Å². The van der Waals surface area contributed by atoms with Gasteiger partial charge in [-0.1, -0.05) is 18.2 Å². The molecule has 6 heteroatoms. The summed E-state index contributed by atoms with van der Waals surface area (Å²) in [6.07, 6.45) is -0.366. The van der Waals surface area contributed by atoms with E-state index in [0.29, 0.717) is 28.3 Å². The van der Waals surface area contributed by atoms with Crippen LogP contribution < -0.4 is 14.4 Å². The number of ether oxygens (including phenoxy) is 2. The summed E-state index contributed by atoms with van der Waals surface area (Å²) in [6, 6.07) is 11.7. The zero-order valence-electron chi connectivity index (χ0n) is 15.9. The fraction of sp³-hybridized carbons (Fsp3) is 0.333. The number of benzene rings is 2. The molecule has 0 fully saturated rings. The number of aliphatic hydroxyl groups is 1. The number of hydrogen-bond acceptors (Lipinski definition) is 5. The van der Waals surface area contributed by atoms with Crippen molar-refractivity contribution < 1.29 is 24.2 Å². The van der Waals surface area contributed by atoms with Gasteiger partial charge in [0.1, 0.15) is 11.5 Å². The summed E-state index contributed by atoms with van der Waals surface area (Å²) in [5.41, 5.74) is -0.526. The van der Waals surface area contributed by atoms with Crippen molar-refractivity contribution in [2.24, 2.45) is 0 Å². The lowest BCUT2D eigenvalue weighted by atomic mass is 9.88. The summed E-state index contributed by atoms with van der Waals surface area (Å²) >= 11 is 0. The van der Waals surface area contributed by atoms with Crippen LogP contribution in [-0.4, -0.2) is 37.1 Å². The Morgan fingerprint density at radius 3 is 2.48 bits per heavy atom. The van der Waals surface area contributed by atoms with Crippen molar-refractivity contribution in [1.29, 1.82) is 0 Å². The molecule has 0 radical (unpaired) electrons. The minimum Gasteiger partial charge on any atom is -0.497 e. The Labute approximate surface area is 158 Å². The number of methoxy groups -OCH3 is 2. The second-order valence-corrected chi connectivity index (χ2v) is 6.81. The topological polar surface area (TPSA) is 76.1 Å². The third kappa shape index (κ3) is 3.06. The smallest absolute Gasteiger partial charge is 0.264 e. The molecule has 142 valence electrons. The van der Waals surface area contributed by atoms with Crippen molar-refractivity contribution in [2.45, 2.75) is 31.9 Å². The molecule has 3 rings (SSSR count). The Hall–Kier alpha value is -2.86. The van der Waals surface area contributed by atoms with E-state index in [0.717, 1.165) is 0 Å². The molecule has 0 unspecified atom stereocenters. The van der Waals surface area contributed by atoms with E-state index in [1.54, 1.807) is 36.4 Å². The Kier molecular flexibility index (Phi) is 4.93. The second-order valence-electron chi connectivity index (χ2n) is 6.81. The van der Waals surface area contributed by atoms with Crippen LogP contribution in [0.2, 0.25) is 0 Å². The Balaban J connectivity index is 2.00. The maximum absolute atomic E-state index is 13.0. The van der Waals surface area contributed by atoms with E-state index in [2.05, 4.69) is 0 Å². The third-order valence-corrected chi connectivity index (χ3v) is 4.82. The van der Waals surface area contributed by atoms with Gasteiger partial charge in [-0.25, -0.2) is 0 Å². The molecular formula is C21H23NO5. The molecule has 1 atom stereocenters. The van der Waals surface area contributed by atoms with Crippen LogP contribution in [0.4, 0.5) is 5.69 Å². The molecule has 1 amide bonds. The average molecular weight is 369 g/mol. The van der Waals surface area contributed by atoms with Gasteiger partial charge in [-0.3, -0.25) is 9.59 Å². The fourth-order valence-corrected chi connectivity index (χ4v) is 3.50. The first-order valence-corrected chi connectivity index (χ1v) is 8.74. The first-order valence-electron chi connectivity index (χ1n) is 8.74. The van der Waals surface area contributed by atoms with Crippen LogP contribution in [0.5, 0.6) is 11.5 Å². The molecule has 27 heavy (non-hydrogen) atoms. The molecule has 1 aliphatic rings. The van der Waals surface area contributed by atoms with Crippen LogP contribution in [0.15, 0.2) is 42.5 Å². The first kappa shape index (κ1) is 18.9. The van der Waals surface area contributed by atoms with Crippen LogP contribution >= 0.6 is 0 Å². The van der Waals surface area contributed by atoms with Gasteiger partial charge in [0, 0.05) is 17.7 Å². The van der Waals surface area contributed by atoms with Crippen molar-refractivity contribution in [3.05, 3.63) is 53.6 Å². The quantitative estimate of drug-likeness (QED) is 0.793. The van der Waals surface area contributed by atoms with Gasteiger partial charge in [0.25, 0.3) is 5.91 Å². The number of nitrogens with zero attached hydrogens (tertiary/aromatic N) is 1. The maximum Gasteiger partial charge on any atom is 0.264 e. The van der Waals surface area contributed by atoms with E-state index in [9.17, 15) is 14.7 Å². The van der Waals surface area contributed by atoms with Gasteiger partial charge in [0.2, 0.25) is 0 Å². The summed E-state index contributed by atoms with van der Waals surface area (Å²) in [6.45, 7) is 3.74. The first-order chi connectivity index (χ1) is 12.8. The zero-order chi connectivity index (χ0) is 19.8. The Morgan fingerprint density at radius 1 is 1.15 bits per heavy atom. The molecule has 0 saturated heterocycles. The normalized spacial score (nSPS) is 18.6. The molecule has 1 aliphatic heterocycles. The van der Waals surface area contributed by atoms with Crippen LogP contribution in [0.3, 0.4) is 0 Å². The molecule has 2 aromatic carbocycles. The van der Waals surface area contributed by atoms with Crippen molar-refractivity contribution in [3.63, 3.8) is 0 Å². The molecule has 0 bridgehead atoms. The highest BCUT2D eigenvalue weighted by atomic mass is 16.5. The number of anilines is 1. The van der Waals surface area contributed by atoms with Gasteiger partial charge in [-0.2, -0.15) is 0 Å². The average Bonchev–Trinajstić information content (AvgIpc) is 2.88. The summed E-state index contributed by atoms with van der Waals surface area (Å²) in [7, 11) is 2.98. The van der Waals surface area contributed by atoms with E-state index in [1.165, 1.54) is 19.1 Å². The van der Waals surface area contributed by atoms with Gasteiger partial charge in [-0.05, 0) is 32.0 Å². The lowest BCUT2D eigenvalue weighted by Gasteiger charge is -2.25. The Bertz CT molecular complexity index is 892. The minimum absolute atomic E-state index is 0.140. The zero-order valence-corrected chi connectivity index (χ0v) is 15.9. The number of ketones is 1.